The number of carbonyl (C=O) groups is 2. The Bertz CT molecular complexity index is 1260. The van der Waals surface area contributed by atoms with Crippen molar-refractivity contribution in [2.24, 2.45) is 0 Å². The third kappa shape index (κ3) is 3.51. The van der Waals surface area contributed by atoms with Gasteiger partial charge in [0.2, 0.25) is 11.8 Å². The molecule has 0 atom stereocenters. The number of benzene rings is 2. The molecule has 164 valence electrons. The molecule has 2 aromatic carbocycles. The molecule has 8 nitrogen and oxygen atoms in total. The maximum absolute atomic E-state index is 12.9. The van der Waals surface area contributed by atoms with Crippen LogP contribution in [0.2, 0.25) is 0 Å². The third-order valence-corrected chi connectivity index (χ3v) is 6.56. The van der Waals surface area contributed by atoms with Gasteiger partial charge < -0.3 is 15.1 Å². The molecule has 1 spiro atoms. The highest BCUT2D eigenvalue weighted by Crippen LogP contribution is 2.39. The van der Waals surface area contributed by atoms with E-state index < -0.39 is 0 Å². The molecule has 2 aliphatic heterocycles. The summed E-state index contributed by atoms with van der Waals surface area (Å²) in [5, 5.41) is 9.14. The summed E-state index contributed by atoms with van der Waals surface area (Å²) in [5.41, 5.74) is 1.31. The fourth-order valence-corrected chi connectivity index (χ4v) is 4.74. The van der Waals surface area contributed by atoms with Crippen molar-refractivity contribution in [2.45, 2.75) is 31.8 Å². The Balaban J connectivity index is 1.30. The van der Waals surface area contributed by atoms with Crippen LogP contribution in [0.15, 0.2) is 59.5 Å². The number of nitrogens with zero attached hydrogens (tertiary/aromatic N) is 4. The molecule has 1 fully saturated rings. The van der Waals surface area contributed by atoms with Gasteiger partial charge in [-0.1, -0.05) is 30.3 Å². The van der Waals surface area contributed by atoms with Crippen LogP contribution in [0, 0.1) is 0 Å². The first-order valence-electron chi connectivity index (χ1n) is 10.8. The van der Waals surface area contributed by atoms with Gasteiger partial charge in [-0.15, -0.1) is 0 Å². The van der Waals surface area contributed by atoms with Crippen molar-refractivity contribution in [3.63, 3.8) is 0 Å². The number of amides is 2. The Morgan fingerprint density at radius 2 is 1.78 bits per heavy atom. The molecule has 1 saturated heterocycles. The third-order valence-electron chi connectivity index (χ3n) is 6.56. The van der Waals surface area contributed by atoms with Crippen LogP contribution in [0.25, 0.3) is 10.8 Å². The molecule has 2 amide bonds. The van der Waals surface area contributed by atoms with Crippen molar-refractivity contribution in [2.75, 3.05) is 29.9 Å². The molecular formula is C24H25N5O3. The Labute approximate surface area is 185 Å². The van der Waals surface area contributed by atoms with Crippen LogP contribution in [-0.4, -0.2) is 51.7 Å². The van der Waals surface area contributed by atoms with Gasteiger partial charge in [0.25, 0.3) is 5.56 Å². The summed E-state index contributed by atoms with van der Waals surface area (Å²) in [6.45, 7) is 3.20. The van der Waals surface area contributed by atoms with E-state index in [0.717, 1.165) is 29.6 Å². The fourth-order valence-electron chi connectivity index (χ4n) is 4.74. The van der Waals surface area contributed by atoms with Gasteiger partial charge in [-0.05, 0) is 31.0 Å². The van der Waals surface area contributed by atoms with E-state index in [4.69, 9.17) is 0 Å². The predicted octanol–water partition coefficient (Wildman–Crippen LogP) is 2.24. The molecule has 3 heterocycles. The molecule has 0 radical (unpaired) electrons. The summed E-state index contributed by atoms with van der Waals surface area (Å²) in [4.78, 5) is 41.5. The van der Waals surface area contributed by atoms with Crippen molar-refractivity contribution in [1.82, 2.24) is 14.7 Å². The highest BCUT2D eigenvalue weighted by atomic mass is 16.2. The lowest BCUT2D eigenvalue weighted by atomic mass is 9.84. The summed E-state index contributed by atoms with van der Waals surface area (Å²) >= 11 is 0. The smallest absolute Gasteiger partial charge is 0.275 e. The first kappa shape index (κ1) is 20.2. The molecule has 0 bridgehead atoms. The Morgan fingerprint density at radius 3 is 2.56 bits per heavy atom. The number of rotatable bonds is 2. The lowest BCUT2D eigenvalue weighted by molar-refractivity contribution is -0.133. The number of hydrogen-bond donors (Lipinski definition) is 1. The number of piperidine rings is 1. The molecule has 2 aliphatic rings. The molecule has 0 unspecified atom stereocenters. The van der Waals surface area contributed by atoms with Crippen LogP contribution in [0.4, 0.5) is 11.4 Å². The lowest BCUT2D eigenvalue weighted by Crippen LogP contribution is -2.59. The summed E-state index contributed by atoms with van der Waals surface area (Å²) in [5.74, 6) is -0.108. The Kier molecular flexibility index (Phi) is 4.92. The van der Waals surface area contributed by atoms with Crippen molar-refractivity contribution in [3.8, 4) is 0 Å². The summed E-state index contributed by atoms with van der Waals surface area (Å²) < 4.78 is 1.24. The second-order valence-corrected chi connectivity index (χ2v) is 8.60. The maximum Gasteiger partial charge on any atom is 0.275 e. The number of anilines is 2. The van der Waals surface area contributed by atoms with E-state index >= 15 is 0 Å². The first-order chi connectivity index (χ1) is 15.5. The summed E-state index contributed by atoms with van der Waals surface area (Å²) in [7, 11) is 0. The minimum atomic E-state index is -0.269. The van der Waals surface area contributed by atoms with Gasteiger partial charge in [-0.25, -0.2) is 4.68 Å². The quantitative estimate of drug-likeness (QED) is 0.672. The average molecular weight is 431 g/mol. The van der Waals surface area contributed by atoms with Crippen molar-refractivity contribution < 1.29 is 9.59 Å². The predicted molar refractivity (Wildman–Crippen MR) is 123 cm³/mol. The molecule has 8 heteroatoms. The van der Waals surface area contributed by atoms with Crippen LogP contribution in [0.3, 0.4) is 0 Å². The number of fused-ring (bicyclic) bond motifs is 2. The Hall–Kier alpha value is -3.68. The zero-order chi connectivity index (χ0) is 22.3. The summed E-state index contributed by atoms with van der Waals surface area (Å²) in [6, 6.07) is 15.1. The monoisotopic (exact) mass is 431 g/mol. The van der Waals surface area contributed by atoms with Gasteiger partial charge in [-0.2, -0.15) is 5.10 Å². The second kappa shape index (κ2) is 7.78. The van der Waals surface area contributed by atoms with E-state index in [1.54, 1.807) is 30.2 Å². The number of aromatic nitrogens is 2. The molecule has 0 saturated carbocycles. The van der Waals surface area contributed by atoms with Crippen LogP contribution < -0.4 is 15.8 Å². The van der Waals surface area contributed by atoms with E-state index in [2.05, 4.69) is 10.4 Å². The zero-order valence-corrected chi connectivity index (χ0v) is 18.0. The molecular weight excluding hydrogens is 406 g/mol. The first-order valence-corrected chi connectivity index (χ1v) is 10.8. The number of likely N-dealkylation sites (tertiary alicyclic amines) is 1. The number of nitrogens with one attached hydrogen (secondary N) is 1. The maximum atomic E-state index is 12.9. The van der Waals surface area contributed by atoms with Gasteiger partial charge >= 0.3 is 0 Å². The van der Waals surface area contributed by atoms with Crippen LogP contribution >= 0.6 is 0 Å². The molecule has 3 aromatic rings. The topological polar surface area (TPSA) is 87.5 Å². The molecule has 32 heavy (non-hydrogen) atoms. The standard InChI is InChI=1S/C24H25N5O3/c1-17(30)28-16-24(26-20-8-4-5-9-21(20)28)10-12-27(13-11-24)22(31)15-29-23(32)19-7-3-2-6-18(19)14-25-29/h2-9,14,26H,10-13,15-16H2,1H3. The average Bonchev–Trinajstić information content (AvgIpc) is 2.81. The van der Waals surface area contributed by atoms with Crippen LogP contribution in [-0.2, 0) is 16.1 Å². The largest absolute Gasteiger partial charge is 0.376 e. The highest BCUT2D eigenvalue weighted by molar-refractivity contribution is 5.96. The molecule has 1 N–H and O–H groups in total. The van der Waals surface area contributed by atoms with Crippen LogP contribution in [0.5, 0.6) is 0 Å². The number of hydrogen-bond acceptors (Lipinski definition) is 5. The molecule has 5 rings (SSSR count). The number of carbonyl (C=O) groups excluding carboxylic acids is 2. The van der Waals surface area contributed by atoms with E-state index in [-0.39, 0.29) is 29.5 Å². The van der Waals surface area contributed by atoms with Crippen molar-refractivity contribution >= 4 is 34.0 Å². The SMILES string of the molecule is CC(=O)N1CC2(CCN(C(=O)Cn3ncc4ccccc4c3=O)CC2)Nc2ccccc21. The normalized spacial score (nSPS) is 17.2. The lowest BCUT2D eigenvalue weighted by Gasteiger charge is -2.49. The molecule has 0 aliphatic carbocycles. The van der Waals surface area contributed by atoms with Crippen molar-refractivity contribution in [1.29, 1.82) is 0 Å². The fraction of sp³-hybridized carbons (Fsp3) is 0.333. The summed E-state index contributed by atoms with van der Waals surface area (Å²) in [6.07, 6.45) is 3.06. The van der Waals surface area contributed by atoms with Gasteiger partial charge in [0.05, 0.1) is 28.5 Å². The van der Waals surface area contributed by atoms with Gasteiger partial charge in [0.1, 0.15) is 6.54 Å². The highest BCUT2D eigenvalue weighted by Gasteiger charge is 2.41. The van der Waals surface area contributed by atoms with Gasteiger partial charge in [0, 0.05) is 31.9 Å². The van der Waals surface area contributed by atoms with E-state index in [0.29, 0.717) is 25.0 Å². The van der Waals surface area contributed by atoms with Crippen LogP contribution in [0.1, 0.15) is 19.8 Å². The molecule has 1 aromatic heterocycles. The second-order valence-electron chi connectivity index (χ2n) is 8.60. The van der Waals surface area contributed by atoms with Crippen molar-refractivity contribution in [3.05, 3.63) is 65.1 Å². The van der Waals surface area contributed by atoms with E-state index in [1.165, 1.54) is 4.68 Å². The number of para-hydroxylation sites is 2. The van der Waals surface area contributed by atoms with E-state index in [9.17, 15) is 14.4 Å². The van der Waals surface area contributed by atoms with Gasteiger partial charge in [-0.3, -0.25) is 14.4 Å². The zero-order valence-electron chi connectivity index (χ0n) is 18.0. The minimum Gasteiger partial charge on any atom is -0.376 e. The minimum absolute atomic E-state index is 0.0126. The Morgan fingerprint density at radius 1 is 1.06 bits per heavy atom. The van der Waals surface area contributed by atoms with Gasteiger partial charge in [0.15, 0.2) is 0 Å². The van der Waals surface area contributed by atoms with E-state index in [1.807, 2.05) is 41.3 Å².